The van der Waals surface area contributed by atoms with Crippen molar-refractivity contribution in [1.82, 2.24) is 0 Å². The molecule has 6 heteroatoms. The first-order valence-electron chi connectivity index (χ1n) is 18.2. The zero-order valence-corrected chi connectivity index (χ0v) is 29.9. The Morgan fingerprint density at radius 1 is 0.500 bits per heavy atom. The van der Waals surface area contributed by atoms with E-state index in [1.807, 2.05) is 24.3 Å². The molecule has 0 heterocycles. The highest BCUT2D eigenvalue weighted by Gasteiger charge is 2.10. The average Bonchev–Trinajstić information content (AvgIpc) is 3.63. The Morgan fingerprint density at radius 2 is 0.981 bits per heavy atom. The van der Waals surface area contributed by atoms with Crippen LogP contribution in [-0.4, -0.2) is 39.0 Å². The van der Waals surface area contributed by atoms with Gasteiger partial charge in [0.2, 0.25) is 0 Å². The van der Waals surface area contributed by atoms with Crippen molar-refractivity contribution in [3.63, 3.8) is 0 Å². The fourth-order valence-corrected chi connectivity index (χ4v) is 5.71. The molecule has 5 rings (SSSR count). The molecule has 4 aliphatic carbocycles. The van der Waals surface area contributed by atoms with Gasteiger partial charge in [-0.2, -0.15) is 0 Å². The van der Waals surface area contributed by atoms with E-state index in [1.165, 1.54) is 39.5 Å². The molecule has 0 N–H and O–H groups in total. The third-order valence-electron chi connectivity index (χ3n) is 8.57. The summed E-state index contributed by atoms with van der Waals surface area (Å²) in [5.74, 6) is 7.97. The summed E-state index contributed by atoms with van der Waals surface area (Å²) < 4.78 is 16.9. The van der Waals surface area contributed by atoms with Crippen molar-refractivity contribution in [2.24, 2.45) is 0 Å². The van der Waals surface area contributed by atoms with Gasteiger partial charge >= 0.3 is 5.97 Å². The molecule has 0 aliphatic heterocycles. The Morgan fingerprint density at radius 3 is 1.56 bits per heavy atom. The minimum atomic E-state index is -0.366. The fourth-order valence-electron chi connectivity index (χ4n) is 5.71. The number of fused-ring (bicyclic) bond motifs is 2. The van der Waals surface area contributed by atoms with Crippen LogP contribution < -0.4 is 9.47 Å². The highest BCUT2D eigenvalue weighted by atomic mass is 17.2. The topological polar surface area (TPSA) is 63.2 Å². The second-order valence-corrected chi connectivity index (χ2v) is 12.6. The Kier molecular flexibility index (Phi) is 15.4. The molecule has 0 atom stereocenters. The molecule has 1 aromatic rings. The largest absolute Gasteiger partial charge is 0.494 e. The summed E-state index contributed by atoms with van der Waals surface area (Å²) in [4.78, 5) is 21.1. The van der Waals surface area contributed by atoms with Crippen LogP contribution in [0.4, 0.5) is 0 Å². The maximum Gasteiger partial charge on any atom is 0.330 e. The van der Waals surface area contributed by atoms with Gasteiger partial charge in [0.15, 0.2) is 0 Å². The van der Waals surface area contributed by atoms with Gasteiger partial charge < -0.3 is 14.2 Å². The van der Waals surface area contributed by atoms with E-state index in [9.17, 15) is 4.79 Å². The summed E-state index contributed by atoms with van der Waals surface area (Å²) in [6.07, 6.45) is 10.8. The van der Waals surface area contributed by atoms with Crippen LogP contribution in [0.25, 0.3) is 33.4 Å². The van der Waals surface area contributed by atoms with Crippen molar-refractivity contribution in [2.75, 3.05) is 33.0 Å². The lowest BCUT2D eigenvalue weighted by molar-refractivity contribution is -0.286. The van der Waals surface area contributed by atoms with E-state index < -0.39 is 0 Å². The molecule has 0 spiro atoms. The van der Waals surface area contributed by atoms with Crippen molar-refractivity contribution < 1.29 is 28.8 Å². The van der Waals surface area contributed by atoms with Crippen molar-refractivity contribution in [3.05, 3.63) is 133 Å². The lowest BCUT2D eigenvalue weighted by Gasteiger charge is -2.06. The van der Waals surface area contributed by atoms with Crippen LogP contribution in [0.3, 0.4) is 0 Å². The van der Waals surface area contributed by atoms with E-state index in [0.29, 0.717) is 33.0 Å². The molecule has 0 saturated heterocycles. The summed E-state index contributed by atoms with van der Waals surface area (Å²) in [6.45, 7) is 9.81. The molecule has 52 heavy (non-hydrogen) atoms. The lowest BCUT2D eigenvalue weighted by Crippen LogP contribution is -2.02. The lowest BCUT2D eigenvalue weighted by atomic mass is 10.1. The molecular weight excluding hydrogens is 648 g/mol. The minimum Gasteiger partial charge on any atom is -0.494 e. The Hall–Kier alpha value is -5.35. The number of hydrogen-bond donors (Lipinski definition) is 0. The van der Waals surface area contributed by atoms with E-state index in [4.69, 9.17) is 24.0 Å². The zero-order chi connectivity index (χ0) is 36.2. The standard InChI is InChI=1S/C46H48O6/c1-3-27-51-52-31-12-8-7-10-29-49-45-34-41-23-21-38(22-24-42(41)35-45)43-32-39-19-15-36(16-20-40(39)33-43)13-14-37-17-25-44(26-18-37)48-28-9-5-6-11-30-50-46(47)4-2/h3-4,15-26,32-35H,1-2,5-12,27-31H2. The Bertz CT molecular complexity index is 1800. The van der Waals surface area contributed by atoms with Gasteiger partial charge in [0.05, 0.1) is 26.4 Å². The van der Waals surface area contributed by atoms with Gasteiger partial charge in [0.25, 0.3) is 0 Å². The molecular formula is C46H48O6. The molecule has 0 saturated carbocycles. The van der Waals surface area contributed by atoms with Crippen LogP contribution in [0.5, 0.6) is 11.5 Å². The third kappa shape index (κ3) is 12.5. The number of carbonyl (C=O) groups excluding carboxylic acids is 1. The van der Waals surface area contributed by atoms with Gasteiger partial charge in [-0.15, -0.1) is 6.58 Å². The summed E-state index contributed by atoms with van der Waals surface area (Å²) in [5.41, 5.74) is 8.94. The van der Waals surface area contributed by atoms with E-state index >= 15 is 0 Å². The SMILES string of the molecule is C=CCOOCCCCCCOc1cc2ccc(-c3cc4ccc(C#Cc5ccc(OCCCCCCOC(=O)C=C)cc5)ccc-4c3)ccc-2c1. The van der Waals surface area contributed by atoms with Crippen molar-refractivity contribution >= 4 is 5.97 Å². The molecule has 6 nitrogen and oxygen atoms in total. The molecule has 0 aromatic heterocycles. The molecule has 0 amide bonds. The number of ether oxygens (including phenoxy) is 3. The van der Waals surface area contributed by atoms with E-state index in [2.05, 4.69) is 97.8 Å². The van der Waals surface area contributed by atoms with Crippen molar-refractivity contribution in [3.8, 4) is 56.7 Å². The minimum absolute atomic E-state index is 0.366. The predicted octanol–water partition coefficient (Wildman–Crippen LogP) is 10.7. The van der Waals surface area contributed by atoms with E-state index in [-0.39, 0.29) is 5.97 Å². The summed E-state index contributed by atoms with van der Waals surface area (Å²) in [7, 11) is 0. The van der Waals surface area contributed by atoms with Crippen LogP contribution in [0, 0.1) is 11.8 Å². The number of rotatable bonds is 21. The van der Waals surface area contributed by atoms with Gasteiger partial charge in [0.1, 0.15) is 18.1 Å². The zero-order valence-electron chi connectivity index (χ0n) is 29.9. The number of carbonyl (C=O) groups is 1. The maximum atomic E-state index is 11.1. The number of hydrogen-bond acceptors (Lipinski definition) is 6. The van der Waals surface area contributed by atoms with Crippen LogP contribution in [-0.2, 0) is 19.3 Å². The fraction of sp³-hybridized carbons (Fsp3) is 0.283. The van der Waals surface area contributed by atoms with Gasteiger partial charge in [-0.05, 0) is 139 Å². The summed E-state index contributed by atoms with van der Waals surface area (Å²) >= 11 is 0. The molecule has 0 bridgehead atoms. The van der Waals surface area contributed by atoms with Crippen molar-refractivity contribution in [2.45, 2.75) is 51.4 Å². The number of esters is 1. The van der Waals surface area contributed by atoms with Gasteiger partial charge in [-0.3, -0.25) is 0 Å². The summed E-state index contributed by atoms with van der Waals surface area (Å²) in [6, 6.07) is 33.8. The Balaban J connectivity index is 1.07. The van der Waals surface area contributed by atoms with Crippen LogP contribution >= 0.6 is 0 Å². The Labute approximate surface area is 308 Å². The molecule has 0 fully saturated rings. The third-order valence-corrected chi connectivity index (χ3v) is 8.57. The van der Waals surface area contributed by atoms with Gasteiger partial charge in [0, 0.05) is 17.2 Å². The predicted molar refractivity (Wildman–Crippen MR) is 209 cm³/mol. The van der Waals surface area contributed by atoms with Crippen LogP contribution in [0.2, 0.25) is 0 Å². The first-order chi connectivity index (χ1) is 25.6. The highest BCUT2D eigenvalue weighted by molar-refractivity contribution is 5.82. The molecule has 1 aromatic carbocycles. The van der Waals surface area contributed by atoms with Gasteiger partial charge in [-0.25, -0.2) is 14.6 Å². The number of benzene rings is 1. The van der Waals surface area contributed by atoms with E-state index in [1.54, 1.807) is 6.08 Å². The molecule has 0 unspecified atom stereocenters. The summed E-state index contributed by atoms with van der Waals surface area (Å²) in [5, 5.41) is 0. The second-order valence-electron chi connectivity index (χ2n) is 12.6. The first kappa shape index (κ1) is 37.9. The van der Waals surface area contributed by atoms with Crippen LogP contribution in [0.1, 0.15) is 62.5 Å². The van der Waals surface area contributed by atoms with Crippen LogP contribution in [0.15, 0.2) is 122 Å². The monoisotopic (exact) mass is 696 g/mol. The van der Waals surface area contributed by atoms with Crippen molar-refractivity contribution in [1.29, 1.82) is 0 Å². The van der Waals surface area contributed by atoms with Gasteiger partial charge in [-0.1, -0.05) is 67.3 Å². The van der Waals surface area contributed by atoms with E-state index in [0.717, 1.165) is 74.0 Å². The molecule has 268 valence electrons. The maximum absolute atomic E-state index is 11.1. The second kappa shape index (κ2) is 21.1. The quantitative estimate of drug-likeness (QED) is 0.0145. The first-order valence-corrected chi connectivity index (χ1v) is 18.2. The number of unbranched alkanes of at least 4 members (excludes halogenated alkanes) is 6. The molecule has 4 aliphatic rings. The highest BCUT2D eigenvalue weighted by Crippen LogP contribution is 2.35. The average molecular weight is 697 g/mol. The molecule has 0 radical (unpaired) electrons. The normalized spacial score (nSPS) is 10.8. The smallest absolute Gasteiger partial charge is 0.330 e.